The topological polar surface area (TPSA) is 116 Å². The number of phenols is 2. The molecule has 0 radical (unpaired) electrons. The summed E-state index contributed by atoms with van der Waals surface area (Å²) in [7, 11) is -3.89. The van der Waals surface area contributed by atoms with E-state index in [0.29, 0.717) is 27.7 Å². The highest BCUT2D eigenvalue weighted by Crippen LogP contribution is 2.30. The Morgan fingerprint density at radius 3 is 2.29 bits per heavy atom. The average molecular weight is 539 g/mol. The molecule has 0 bridgehead atoms. The molecule has 0 aromatic heterocycles. The van der Waals surface area contributed by atoms with Crippen molar-refractivity contribution in [2.24, 2.45) is 0 Å². The highest BCUT2D eigenvalue weighted by atomic mass is 79.9. The highest BCUT2D eigenvalue weighted by Gasteiger charge is 2.18. The Kier molecular flexibility index (Phi) is 6.58. The predicted molar refractivity (Wildman–Crippen MR) is 136 cm³/mol. The zero-order valence-corrected chi connectivity index (χ0v) is 20.0. The van der Waals surface area contributed by atoms with Crippen LogP contribution in [0.15, 0.2) is 94.3 Å². The smallest absolute Gasteiger partial charge is 0.262 e. The molecular formula is C25H19BrN2O5S. The van der Waals surface area contributed by atoms with Crippen LogP contribution < -0.4 is 10.0 Å². The van der Waals surface area contributed by atoms with Gasteiger partial charge in [-0.25, -0.2) is 8.42 Å². The molecule has 0 fully saturated rings. The van der Waals surface area contributed by atoms with E-state index in [0.717, 1.165) is 4.47 Å². The first kappa shape index (κ1) is 23.3. The van der Waals surface area contributed by atoms with Crippen LogP contribution in [-0.4, -0.2) is 24.5 Å². The molecule has 4 aromatic rings. The molecule has 0 aliphatic heterocycles. The molecule has 9 heteroatoms. The van der Waals surface area contributed by atoms with Gasteiger partial charge < -0.3 is 15.5 Å². The molecule has 0 atom stereocenters. The number of nitrogens with one attached hydrogen (secondary N) is 2. The van der Waals surface area contributed by atoms with Gasteiger partial charge in [0, 0.05) is 32.7 Å². The largest absolute Gasteiger partial charge is 0.504 e. The maximum absolute atomic E-state index is 13.1. The molecule has 0 saturated carbocycles. The summed E-state index contributed by atoms with van der Waals surface area (Å²) in [4.78, 5) is 12.6. The van der Waals surface area contributed by atoms with Crippen LogP contribution >= 0.6 is 15.9 Å². The van der Waals surface area contributed by atoms with E-state index < -0.39 is 15.9 Å². The van der Waals surface area contributed by atoms with Gasteiger partial charge in [-0.1, -0.05) is 46.3 Å². The summed E-state index contributed by atoms with van der Waals surface area (Å²) in [6.45, 7) is 0. The van der Waals surface area contributed by atoms with Gasteiger partial charge in [0.1, 0.15) is 0 Å². The molecule has 4 N–H and O–H groups in total. The van der Waals surface area contributed by atoms with Crippen molar-refractivity contribution in [3.05, 3.63) is 95.0 Å². The van der Waals surface area contributed by atoms with Crippen LogP contribution in [0.5, 0.6) is 11.5 Å². The second-order valence-electron chi connectivity index (χ2n) is 7.34. The van der Waals surface area contributed by atoms with Gasteiger partial charge in [0.2, 0.25) is 5.91 Å². The summed E-state index contributed by atoms with van der Waals surface area (Å²) in [5, 5.41) is 22.7. The predicted octanol–water partition coefficient (Wildman–Crippen LogP) is 5.47. The standard InChI is InChI=1S/C25H19BrN2O5S/c26-17-9-11-18(12-10-17)28-34(32,33)24-6-2-3-19-20(24)4-1-5-21(19)27-25(31)14-8-16-7-13-22(29)23(30)15-16/h1-15,28-30H,(H,27,31)/b14-8+. The van der Waals surface area contributed by atoms with Gasteiger partial charge in [0.05, 0.1) is 4.90 Å². The van der Waals surface area contributed by atoms with Gasteiger partial charge >= 0.3 is 0 Å². The van der Waals surface area contributed by atoms with E-state index in [2.05, 4.69) is 26.0 Å². The molecule has 7 nitrogen and oxygen atoms in total. The molecule has 0 unspecified atom stereocenters. The van der Waals surface area contributed by atoms with Crippen LogP contribution in [0, 0.1) is 0 Å². The lowest BCUT2D eigenvalue weighted by molar-refractivity contribution is -0.111. The van der Waals surface area contributed by atoms with Gasteiger partial charge in [-0.15, -0.1) is 0 Å². The fraction of sp³-hybridized carbons (Fsp3) is 0. The molecule has 0 heterocycles. The van der Waals surface area contributed by atoms with E-state index in [1.54, 1.807) is 60.7 Å². The second-order valence-corrected chi connectivity index (χ2v) is 9.91. The van der Waals surface area contributed by atoms with E-state index in [-0.39, 0.29) is 16.4 Å². The Morgan fingerprint density at radius 1 is 0.853 bits per heavy atom. The van der Waals surface area contributed by atoms with Crippen molar-refractivity contribution in [3.63, 3.8) is 0 Å². The maximum Gasteiger partial charge on any atom is 0.262 e. The Morgan fingerprint density at radius 2 is 1.56 bits per heavy atom. The number of anilines is 2. The molecule has 4 aromatic carbocycles. The number of hydrogen-bond acceptors (Lipinski definition) is 5. The van der Waals surface area contributed by atoms with E-state index in [4.69, 9.17) is 0 Å². The van der Waals surface area contributed by atoms with E-state index in [1.807, 2.05) is 0 Å². The highest BCUT2D eigenvalue weighted by molar-refractivity contribution is 9.10. The number of hydrogen-bond donors (Lipinski definition) is 4. The van der Waals surface area contributed by atoms with Crippen LogP contribution in [0.3, 0.4) is 0 Å². The van der Waals surface area contributed by atoms with Gasteiger partial charge in [-0.05, 0) is 60.2 Å². The average Bonchev–Trinajstić information content (AvgIpc) is 2.81. The fourth-order valence-corrected chi connectivity index (χ4v) is 4.89. The van der Waals surface area contributed by atoms with E-state index in [9.17, 15) is 23.4 Å². The molecule has 0 saturated heterocycles. The van der Waals surface area contributed by atoms with Crippen molar-refractivity contribution in [1.29, 1.82) is 0 Å². The summed E-state index contributed by atoms with van der Waals surface area (Å²) in [5.41, 5.74) is 1.40. The molecule has 4 rings (SSSR count). The number of aromatic hydroxyl groups is 2. The van der Waals surface area contributed by atoms with Crippen molar-refractivity contribution < 1.29 is 23.4 Å². The van der Waals surface area contributed by atoms with Crippen molar-refractivity contribution in [2.45, 2.75) is 4.90 Å². The zero-order valence-electron chi connectivity index (χ0n) is 17.6. The lowest BCUT2D eigenvalue weighted by Crippen LogP contribution is -2.14. The zero-order chi connectivity index (χ0) is 24.3. The van der Waals surface area contributed by atoms with Crippen LogP contribution in [0.25, 0.3) is 16.8 Å². The van der Waals surface area contributed by atoms with E-state index >= 15 is 0 Å². The second kappa shape index (κ2) is 9.58. The third-order valence-corrected chi connectivity index (χ3v) is 6.92. The lowest BCUT2D eigenvalue weighted by atomic mass is 10.1. The summed E-state index contributed by atoms with van der Waals surface area (Å²) in [6, 6.07) is 20.8. The Hall–Kier alpha value is -3.82. The number of rotatable bonds is 6. The van der Waals surface area contributed by atoms with Crippen molar-refractivity contribution in [1.82, 2.24) is 0 Å². The van der Waals surface area contributed by atoms with Crippen molar-refractivity contribution in [3.8, 4) is 11.5 Å². The van der Waals surface area contributed by atoms with Crippen molar-refractivity contribution >= 4 is 60.1 Å². The molecule has 0 spiro atoms. The molecule has 0 aliphatic carbocycles. The SMILES string of the molecule is O=C(/C=C/c1ccc(O)c(O)c1)Nc1cccc2c(S(=O)(=O)Nc3ccc(Br)cc3)cccc12. The lowest BCUT2D eigenvalue weighted by Gasteiger charge is -2.13. The Bertz CT molecular complexity index is 1520. The number of carbonyl (C=O) groups excluding carboxylic acids is 1. The monoisotopic (exact) mass is 538 g/mol. The van der Waals surface area contributed by atoms with Crippen LogP contribution in [0.1, 0.15) is 5.56 Å². The molecule has 172 valence electrons. The normalized spacial score (nSPS) is 11.6. The van der Waals surface area contributed by atoms with Crippen molar-refractivity contribution in [2.75, 3.05) is 10.0 Å². The number of phenolic OH excluding ortho intramolecular Hbond substituents is 2. The molecule has 0 aliphatic rings. The summed E-state index contributed by atoms with van der Waals surface area (Å²) >= 11 is 3.32. The third-order valence-electron chi connectivity index (χ3n) is 4.95. The first-order valence-electron chi connectivity index (χ1n) is 10.0. The van der Waals surface area contributed by atoms with Gasteiger partial charge in [-0.2, -0.15) is 0 Å². The Balaban J connectivity index is 1.61. The quantitative estimate of drug-likeness (QED) is 0.192. The van der Waals surface area contributed by atoms with Gasteiger partial charge in [-0.3, -0.25) is 9.52 Å². The molecular weight excluding hydrogens is 520 g/mol. The number of benzene rings is 4. The minimum atomic E-state index is -3.89. The summed E-state index contributed by atoms with van der Waals surface area (Å²) in [5.74, 6) is -0.985. The number of carbonyl (C=O) groups is 1. The first-order chi connectivity index (χ1) is 16.2. The molecule has 34 heavy (non-hydrogen) atoms. The van der Waals surface area contributed by atoms with Gasteiger partial charge in [0.15, 0.2) is 11.5 Å². The molecule has 1 amide bonds. The number of fused-ring (bicyclic) bond motifs is 1. The van der Waals surface area contributed by atoms with Crippen LogP contribution in [-0.2, 0) is 14.8 Å². The summed E-state index contributed by atoms with van der Waals surface area (Å²) in [6.07, 6.45) is 2.76. The first-order valence-corrected chi connectivity index (χ1v) is 12.3. The number of halogens is 1. The van der Waals surface area contributed by atoms with Gasteiger partial charge in [0.25, 0.3) is 10.0 Å². The Labute approximate surface area is 204 Å². The number of amides is 1. The fourth-order valence-electron chi connectivity index (χ4n) is 3.34. The minimum Gasteiger partial charge on any atom is -0.504 e. The minimum absolute atomic E-state index is 0.0825. The van der Waals surface area contributed by atoms with E-state index in [1.165, 1.54) is 30.4 Å². The van der Waals surface area contributed by atoms with Crippen LogP contribution in [0.4, 0.5) is 11.4 Å². The number of sulfonamides is 1. The summed E-state index contributed by atoms with van der Waals surface area (Å²) < 4.78 is 29.6. The third kappa shape index (κ3) is 5.22. The van der Waals surface area contributed by atoms with Crippen LogP contribution in [0.2, 0.25) is 0 Å². The maximum atomic E-state index is 13.1.